The topological polar surface area (TPSA) is 118 Å². The second-order valence-corrected chi connectivity index (χ2v) is 8.39. The molecule has 0 saturated heterocycles. The van der Waals surface area contributed by atoms with Crippen LogP contribution in [0.2, 0.25) is 0 Å². The predicted molar refractivity (Wildman–Crippen MR) is 108 cm³/mol. The van der Waals surface area contributed by atoms with Gasteiger partial charge in [0.15, 0.2) is 0 Å². The number of nitrogens with one attached hydrogen (secondary N) is 2. The molecule has 2 aromatic carbocycles. The smallest absolute Gasteiger partial charge is 0.265 e. The molecule has 0 spiro atoms. The Kier molecular flexibility index (Phi) is 5.88. The van der Waals surface area contributed by atoms with E-state index in [1.165, 1.54) is 23.5 Å². The number of benzene rings is 2. The predicted octanol–water partition coefficient (Wildman–Crippen LogP) is 2.58. The average Bonchev–Trinajstić information content (AvgIpc) is 3.21. The van der Waals surface area contributed by atoms with Crippen molar-refractivity contribution in [2.45, 2.75) is 11.4 Å². The quantitative estimate of drug-likeness (QED) is 0.573. The van der Waals surface area contributed by atoms with Gasteiger partial charge in [0.1, 0.15) is 0 Å². The molecule has 0 saturated carbocycles. The van der Waals surface area contributed by atoms with Crippen LogP contribution >= 0.6 is 11.3 Å². The molecule has 144 valence electrons. The summed E-state index contributed by atoms with van der Waals surface area (Å²) in [6.07, 6.45) is 0. The minimum atomic E-state index is -3.74. The van der Waals surface area contributed by atoms with Crippen molar-refractivity contribution < 1.29 is 18.0 Å². The first kappa shape index (κ1) is 19.7. The van der Waals surface area contributed by atoms with E-state index >= 15 is 0 Å². The summed E-state index contributed by atoms with van der Waals surface area (Å²) in [7, 11) is -3.74. The number of hydrogen-bond donors (Lipinski definition) is 3. The highest BCUT2D eigenvalue weighted by molar-refractivity contribution is 7.89. The molecule has 9 heteroatoms. The second kappa shape index (κ2) is 8.34. The molecule has 0 aliphatic rings. The molecule has 0 fully saturated rings. The van der Waals surface area contributed by atoms with Crippen molar-refractivity contribution in [3.63, 3.8) is 0 Å². The average molecular weight is 415 g/mol. The van der Waals surface area contributed by atoms with Crippen molar-refractivity contribution >= 4 is 38.9 Å². The van der Waals surface area contributed by atoms with E-state index in [0.29, 0.717) is 16.1 Å². The Morgan fingerprint density at radius 1 is 0.929 bits per heavy atom. The van der Waals surface area contributed by atoms with E-state index in [2.05, 4.69) is 10.6 Å². The number of carbonyl (C=O) groups is 2. The van der Waals surface area contributed by atoms with Crippen LogP contribution in [0.5, 0.6) is 0 Å². The van der Waals surface area contributed by atoms with Crippen LogP contribution in [-0.2, 0) is 16.6 Å². The summed E-state index contributed by atoms with van der Waals surface area (Å²) in [5, 5.41) is 12.4. The fourth-order valence-corrected chi connectivity index (χ4v) is 3.52. The number of rotatable bonds is 6. The van der Waals surface area contributed by atoms with E-state index in [1.54, 1.807) is 48.5 Å². The summed E-state index contributed by atoms with van der Waals surface area (Å²) in [6, 6.07) is 16.0. The largest absolute Gasteiger partial charge is 0.348 e. The Labute approximate surface area is 166 Å². The van der Waals surface area contributed by atoms with Crippen molar-refractivity contribution in [1.82, 2.24) is 5.32 Å². The number of hydrogen-bond acceptors (Lipinski definition) is 5. The first-order valence-electron chi connectivity index (χ1n) is 8.18. The fourth-order valence-electron chi connectivity index (χ4n) is 2.39. The Balaban J connectivity index is 1.56. The first-order chi connectivity index (χ1) is 13.3. The summed E-state index contributed by atoms with van der Waals surface area (Å²) in [5.74, 6) is -0.484. The van der Waals surface area contributed by atoms with Gasteiger partial charge < -0.3 is 10.6 Å². The van der Waals surface area contributed by atoms with Crippen LogP contribution in [0.1, 0.15) is 25.6 Å². The van der Waals surface area contributed by atoms with E-state index in [4.69, 9.17) is 5.14 Å². The summed E-state index contributed by atoms with van der Waals surface area (Å²) in [5.41, 5.74) is 1.77. The third-order valence-electron chi connectivity index (χ3n) is 3.85. The normalized spacial score (nSPS) is 11.0. The van der Waals surface area contributed by atoms with Gasteiger partial charge in [0.25, 0.3) is 11.8 Å². The molecule has 0 atom stereocenters. The second-order valence-electron chi connectivity index (χ2n) is 5.88. The molecule has 1 aromatic heterocycles. The molecule has 0 radical (unpaired) electrons. The lowest BCUT2D eigenvalue weighted by molar-refractivity contribution is 0.0950. The van der Waals surface area contributed by atoms with Crippen LogP contribution in [0.25, 0.3) is 0 Å². The highest BCUT2D eigenvalue weighted by Gasteiger charge is 2.10. The Bertz CT molecular complexity index is 1080. The summed E-state index contributed by atoms with van der Waals surface area (Å²) < 4.78 is 22.5. The molecule has 28 heavy (non-hydrogen) atoms. The monoisotopic (exact) mass is 415 g/mol. The van der Waals surface area contributed by atoms with Crippen molar-refractivity contribution in [3.05, 3.63) is 82.0 Å². The van der Waals surface area contributed by atoms with Gasteiger partial charge in [-0.1, -0.05) is 18.2 Å². The number of carbonyl (C=O) groups excluding carboxylic acids is 2. The minimum Gasteiger partial charge on any atom is -0.348 e. The van der Waals surface area contributed by atoms with Gasteiger partial charge in [0.05, 0.1) is 9.77 Å². The number of anilines is 1. The van der Waals surface area contributed by atoms with Crippen LogP contribution in [0, 0.1) is 0 Å². The zero-order valence-corrected chi connectivity index (χ0v) is 16.2. The highest BCUT2D eigenvalue weighted by Crippen LogP contribution is 2.14. The van der Waals surface area contributed by atoms with E-state index in [-0.39, 0.29) is 23.3 Å². The number of nitrogens with two attached hydrogens (primary N) is 1. The molecule has 2 amide bonds. The third kappa shape index (κ3) is 5.03. The lowest BCUT2D eigenvalue weighted by Crippen LogP contribution is -2.22. The Morgan fingerprint density at radius 2 is 1.61 bits per heavy atom. The first-order valence-corrected chi connectivity index (χ1v) is 10.6. The van der Waals surface area contributed by atoms with Gasteiger partial charge in [-0.05, 0) is 53.4 Å². The summed E-state index contributed by atoms with van der Waals surface area (Å²) in [6.45, 7) is 0.237. The number of sulfonamides is 1. The SMILES string of the molecule is NS(=O)(=O)c1ccc(CNC(=O)c2ccc(NC(=O)c3cccs3)cc2)cc1. The van der Waals surface area contributed by atoms with Gasteiger partial charge in [-0.25, -0.2) is 13.6 Å². The van der Waals surface area contributed by atoms with Crippen LogP contribution in [0.4, 0.5) is 5.69 Å². The lowest BCUT2D eigenvalue weighted by Gasteiger charge is -2.08. The van der Waals surface area contributed by atoms with Gasteiger partial charge in [0.2, 0.25) is 10.0 Å². The molecule has 0 unspecified atom stereocenters. The molecule has 4 N–H and O–H groups in total. The van der Waals surface area contributed by atoms with Gasteiger partial charge in [-0.3, -0.25) is 9.59 Å². The molecule has 7 nitrogen and oxygen atoms in total. The standard InChI is InChI=1S/C19H17N3O4S2/c20-28(25,26)16-9-3-13(4-10-16)12-21-18(23)14-5-7-15(8-6-14)22-19(24)17-2-1-11-27-17/h1-11H,12H2,(H,21,23)(H,22,24)(H2,20,25,26). The fraction of sp³-hybridized carbons (Fsp3) is 0.0526. The molecular formula is C19H17N3O4S2. The zero-order valence-electron chi connectivity index (χ0n) is 14.6. The molecule has 1 heterocycles. The highest BCUT2D eigenvalue weighted by atomic mass is 32.2. The number of amides is 2. The van der Waals surface area contributed by atoms with E-state index in [1.807, 2.05) is 5.38 Å². The number of thiophene rings is 1. The molecule has 3 rings (SSSR count). The molecule has 0 aliphatic heterocycles. The minimum absolute atomic E-state index is 0.0164. The van der Waals surface area contributed by atoms with Crippen molar-refractivity contribution in [2.75, 3.05) is 5.32 Å². The van der Waals surface area contributed by atoms with Gasteiger partial charge in [-0.15, -0.1) is 11.3 Å². The molecule has 0 bridgehead atoms. The third-order valence-corrected chi connectivity index (χ3v) is 5.65. The van der Waals surface area contributed by atoms with Crippen LogP contribution < -0.4 is 15.8 Å². The Hall–Kier alpha value is -3.01. The van der Waals surface area contributed by atoms with Gasteiger partial charge in [0, 0.05) is 17.8 Å². The van der Waals surface area contributed by atoms with Crippen LogP contribution in [0.15, 0.2) is 70.9 Å². The number of primary sulfonamides is 1. The van der Waals surface area contributed by atoms with Crippen LogP contribution in [-0.4, -0.2) is 20.2 Å². The van der Waals surface area contributed by atoms with Crippen molar-refractivity contribution in [3.8, 4) is 0 Å². The van der Waals surface area contributed by atoms with E-state index in [0.717, 1.165) is 5.56 Å². The zero-order chi connectivity index (χ0) is 20.1. The molecule has 3 aromatic rings. The van der Waals surface area contributed by atoms with Crippen molar-refractivity contribution in [1.29, 1.82) is 0 Å². The van der Waals surface area contributed by atoms with Crippen molar-refractivity contribution in [2.24, 2.45) is 5.14 Å². The summed E-state index contributed by atoms with van der Waals surface area (Å²) >= 11 is 1.35. The van der Waals surface area contributed by atoms with Crippen LogP contribution in [0.3, 0.4) is 0 Å². The van der Waals surface area contributed by atoms with Gasteiger partial charge in [-0.2, -0.15) is 0 Å². The van der Waals surface area contributed by atoms with E-state index in [9.17, 15) is 18.0 Å². The van der Waals surface area contributed by atoms with E-state index < -0.39 is 10.0 Å². The summed E-state index contributed by atoms with van der Waals surface area (Å²) in [4.78, 5) is 24.9. The van der Waals surface area contributed by atoms with Gasteiger partial charge >= 0.3 is 0 Å². The maximum atomic E-state index is 12.3. The maximum absolute atomic E-state index is 12.3. The molecule has 0 aliphatic carbocycles. The Morgan fingerprint density at radius 3 is 2.18 bits per heavy atom. The maximum Gasteiger partial charge on any atom is 0.265 e. The lowest BCUT2D eigenvalue weighted by atomic mass is 10.1. The molecular weight excluding hydrogens is 398 g/mol.